The molecule has 1 aromatic heterocycles. The summed E-state index contributed by atoms with van der Waals surface area (Å²) in [4.78, 5) is 60.1. The predicted octanol–water partition coefficient (Wildman–Crippen LogP) is 4.51. The van der Waals surface area contributed by atoms with Gasteiger partial charge in [-0.3, -0.25) is 24.5 Å². The smallest absolute Gasteiger partial charge is 0.410 e. The molecule has 1 aromatic carbocycles. The van der Waals surface area contributed by atoms with E-state index in [9.17, 15) is 19.5 Å². The monoisotopic (exact) mass is 892 g/mol. The summed E-state index contributed by atoms with van der Waals surface area (Å²) in [7, 11) is 3.84. The van der Waals surface area contributed by atoms with Crippen LogP contribution >= 0.6 is 0 Å². The number of nitrogens with one attached hydrogen (secondary N) is 1. The van der Waals surface area contributed by atoms with Gasteiger partial charge in [-0.1, -0.05) is 51.0 Å². The Bertz CT molecular complexity index is 2060. The average Bonchev–Trinajstić information content (AvgIpc) is 3.40. The van der Waals surface area contributed by atoms with Gasteiger partial charge in [0.1, 0.15) is 17.9 Å². The minimum Gasteiger partial charge on any atom is -0.458 e. The van der Waals surface area contributed by atoms with Crippen molar-refractivity contribution in [1.29, 1.82) is 0 Å². The lowest BCUT2D eigenvalue weighted by atomic mass is 9.72. The van der Waals surface area contributed by atoms with Crippen LogP contribution in [0.25, 0.3) is 10.9 Å². The summed E-state index contributed by atoms with van der Waals surface area (Å²) < 4.78 is 39.7. The van der Waals surface area contributed by atoms with Crippen molar-refractivity contribution in [3.05, 3.63) is 42.1 Å². The number of para-hydroxylation sites is 1. The number of fused-ring (bicyclic) bond motifs is 5. The number of hydrogen-bond acceptors (Lipinski definition) is 15. The van der Waals surface area contributed by atoms with Crippen molar-refractivity contribution in [3.63, 3.8) is 0 Å². The lowest BCUT2D eigenvalue weighted by molar-refractivity contribution is -0.302. The van der Waals surface area contributed by atoms with Gasteiger partial charge < -0.3 is 48.6 Å². The Hall–Kier alpha value is -4.26. The number of ether oxygens (including phenoxy) is 6. The fraction of sp³-hybridized carbons (Fsp3) is 0.702. The van der Waals surface area contributed by atoms with E-state index >= 15 is 0 Å². The second-order valence-corrected chi connectivity index (χ2v) is 19.1. The summed E-state index contributed by atoms with van der Waals surface area (Å²) in [5, 5.41) is 20.0. The van der Waals surface area contributed by atoms with Crippen LogP contribution in [0.15, 0.2) is 46.7 Å². The third-order valence-corrected chi connectivity index (χ3v) is 14.2. The summed E-state index contributed by atoms with van der Waals surface area (Å²) in [6.45, 7) is 16.0. The number of aromatic nitrogens is 1. The molecule has 64 heavy (non-hydrogen) atoms. The molecule has 6 heterocycles. The summed E-state index contributed by atoms with van der Waals surface area (Å²) in [6, 6.07) is 8.88. The van der Waals surface area contributed by atoms with Gasteiger partial charge in [-0.25, -0.2) is 4.79 Å². The predicted molar refractivity (Wildman–Crippen MR) is 238 cm³/mol. The number of aliphatic hydroxyl groups is 1. The number of nitrogens with zero attached hydrogens (tertiary/aromatic N) is 5. The van der Waals surface area contributed by atoms with Gasteiger partial charge in [0, 0.05) is 48.3 Å². The van der Waals surface area contributed by atoms with Crippen LogP contribution in [0.4, 0.5) is 4.79 Å². The Morgan fingerprint density at radius 3 is 2.59 bits per heavy atom. The lowest BCUT2D eigenvalue weighted by Crippen LogP contribution is -2.60. The van der Waals surface area contributed by atoms with Crippen molar-refractivity contribution in [2.24, 2.45) is 33.8 Å². The highest BCUT2D eigenvalue weighted by molar-refractivity contribution is 5.91. The number of hydrogen-bond donors (Lipinski definition) is 2. The highest BCUT2D eigenvalue weighted by Crippen LogP contribution is 2.45. The molecule has 17 nitrogen and oxygen atoms in total. The maximum atomic E-state index is 14.6. The molecule has 0 radical (unpaired) electrons. The van der Waals surface area contributed by atoms with E-state index in [1.807, 2.05) is 83.9 Å². The number of aliphatic imine (C=N–C) groups is 1. The highest BCUT2D eigenvalue weighted by Gasteiger charge is 2.60. The Balaban J connectivity index is 1.23. The molecule has 7 rings (SSSR count). The number of carbonyl (C=O) groups excluding carboxylic acids is 3. The third-order valence-electron chi connectivity index (χ3n) is 14.2. The molecule has 0 aliphatic carbocycles. The zero-order chi connectivity index (χ0) is 46.1. The Kier molecular flexibility index (Phi) is 14.7. The van der Waals surface area contributed by atoms with Gasteiger partial charge in [-0.15, -0.1) is 0 Å². The van der Waals surface area contributed by atoms with Gasteiger partial charge in [-0.2, -0.15) is 0 Å². The van der Waals surface area contributed by atoms with Crippen LogP contribution in [-0.2, 0) is 49.4 Å². The lowest BCUT2D eigenvalue weighted by Gasteiger charge is -2.48. The quantitative estimate of drug-likeness (QED) is 0.264. The van der Waals surface area contributed by atoms with E-state index in [1.54, 1.807) is 18.0 Å². The van der Waals surface area contributed by atoms with Crippen LogP contribution in [0.5, 0.6) is 0 Å². The molecule has 2 N–H and O–H groups in total. The number of benzene rings is 1. The number of oxime groups is 1. The van der Waals surface area contributed by atoms with Crippen molar-refractivity contribution in [3.8, 4) is 0 Å². The fourth-order valence-electron chi connectivity index (χ4n) is 11.0. The van der Waals surface area contributed by atoms with E-state index in [1.165, 1.54) is 0 Å². The molecule has 14 atom stereocenters. The van der Waals surface area contributed by atoms with Crippen LogP contribution in [0, 0.1) is 23.7 Å². The average molecular weight is 893 g/mol. The molecular formula is C47H68N6O11. The van der Waals surface area contributed by atoms with Crippen LogP contribution in [0.3, 0.4) is 0 Å². The van der Waals surface area contributed by atoms with Crippen LogP contribution in [-0.4, -0.2) is 156 Å². The summed E-state index contributed by atoms with van der Waals surface area (Å²) >= 11 is 0. The maximum absolute atomic E-state index is 14.6. The fourth-order valence-corrected chi connectivity index (χ4v) is 11.0. The van der Waals surface area contributed by atoms with Crippen molar-refractivity contribution in [1.82, 2.24) is 20.1 Å². The number of amides is 2. The van der Waals surface area contributed by atoms with Gasteiger partial charge in [0.2, 0.25) is 0 Å². The molecule has 0 spiro atoms. The van der Waals surface area contributed by atoms with Crippen molar-refractivity contribution < 1.29 is 52.7 Å². The second kappa shape index (κ2) is 19.7. The zero-order valence-corrected chi connectivity index (χ0v) is 39.0. The number of carbonyl (C=O) groups is 3. The van der Waals surface area contributed by atoms with Gasteiger partial charge in [0.15, 0.2) is 18.5 Å². The SMILES string of the molecule is CC[C@H]1OC(=O)[C@@H](C)[C@H]2OCC(=NOCC(=O)NCc3ccnc4ccccc34)CO[C@](C)(C[C@@H](C)C3=NCCN4C(=O)O[C@@]1(C)[C@H]4[C@H]3C)[C@H](O[C@H]1O[C@@H](C)C[C@@H](N(C)C)[C@@H]1O)[C@H]2C. The van der Waals surface area contributed by atoms with Gasteiger partial charge in [0.25, 0.3) is 5.91 Å². The number of likely N-dealkylation sites (N-methyl/N-ethyl adjacent to an activating group) is 1. The first-order chi connectivity index (χ1) is 30.4. The maximum Gasteiger partial charge on any atom is 0.410 e. The topological polar surface area (TPSA) is 192 Å². The molecule has 4 fully saturated rings. The molecule has 17 heteroatoms. The van der Waals surface area contributed by atoms with E-state index in [-0.39, 0.29) is 56.3 Å². The number of aliphatic hydroxyl groups excluding tert-OH is 1. The number of pyridine rings is 1. The minimum atomic E-state index is -1.17. The summed E-state index contributed by atoms with van der Waals surface area (Å²) in [5.74, 6) is -2.86. The van der Waals surface area contributed by atoms with Crippen LogP contribution in [0.2, 0.25) is 0 Å². The minimum absolute atomic E-state index is 0.0759. The normalized spacial score (nSPS) is 38.0. The van der Waals surface area contributed by atoms with Crippen LogP contribution in [0.1, 0.15) is 80.2 Å². The summed E-state index contributed by atoms with van der Waals surface area (Å²) in [6.07, 6.45) is -2.11. The Morgan fingerprint density at radius 1 is 1.08 bits per heavy atom. The Morgan fingerprint density at radius 2 is 1.84 bits per heavy atom. The first-order valence-corrected chi connectivity index (χ1v) is 22.9. The molecule has 352 valence electrons. The van der Waals surface area contributed by atoms with Crippen molar-refractivity contribution >= 4 is 40.3 Å². The molecule has 5 aliphatic rings. The first kappa shape index (κ1) is 47.7. The first-order valence-electron chi connectivity index (χ1n) is 22.9. The second-order valence-electron chi connectivity index (χ2n) is 19.1. The van der Waals surface area contributed by atoms with Crippen LogP contribution < -0.4 is 5.32 Å². The van der Waals surface area contributed by atoms with E-state index in [0.717, 1.165) is 22.2 Å². The molecular weight excluding hydrogens is 825 g/mol. The van der Waals surface area contributed by atoms with E-state index in [2.05, 4.69) is 29.3 Å². The summed E-state index contributed by atoms with van der Waals surface area (Å²) in [5.41, 5.74) is 0.652. The molecule has 0 unspecified atom stereocenters. The molecule has 5 aliphatic heterocycles. The molecule has 4 bridgehead atoms. The van der Waals surface area contributed by atoms with E-state index in [4.69, 9.17) is 38.3 Å². The molecule has 2 aromatic rings. The molecule has 4 saturated heterocycles. The van der Waals surface area contributed by atoms with E-state index < -0.39 is 71.8 Å². The number of cyclic esters (lactones) is 1. The van der Waals surface area contributed by atoms with Gasteiger partial charge in [0.05, 0.1) is 61.1 Å². The highest BCUT2D eigenvalue weighted by atomic mass is 16.7. The van der Waals surface area contributed by atoms with E-state index in [0.29, 0.717) is 38.1 Å². The number of rotatable bonds is 9. The molecule has 2 amide bonds. The van der Waals surface area contributed by atoms with Gasteiger partial charge >= 0.3 is 12.1 Å². The standard InChI is InChI=1S/C47H68N6O11/c1-11-36-47(8)41-28(4)38(49-18-19-53(41)45(57)64-47)26(2)21-46(7)42(63-44-39(55)35(52(9)10)20-27(3)61-44)29(5)40(30(6)43(56)62-36)58-23-32(24-59-46)51-60-25-37(54)50-22-31-16-17-48-34-15-13-12-14-33(31)34/h12-17,26-30,35-36,39-42,44,55H,11,18-25H2,1-10H3,(H,50,54)/t26-,27+,28+,29+,30+,35-,36-,39+,40+,41-,42-,44-,46-,47-/m1/s1. The van der Waals surface area contributed by atoms with Crippen molar-refractivity contribution in [2.75, 3.05) is 47.0 Å². The Labute approximate surface area is 376 Å². The number of esters is 1. The van der Waals surface area contributed by atoms with Crippen molar-refractivity contribution in [2.45, 2.75) is 141 Å². The van der Waals surface area contributed by atoms with Gasteiger partial charge in [-0.05, 0) is 84.7 Å². The molecule has 0 saturated carbocycles. The zero-order valence-electron chi connectivity index (χ0n) is 39.0. The largest absolute Gasteiger partial charge is 0.458 e. The third kappa shape index (κ3) is 9.66.